The van der Waals surface area contributed by atoms with Crippen molar-refractivity contribution in [3.63, 3.8) is 0 Å². The van der Waals surface area contributed by atoms with E-state index < -0.39 is 221 Å². The quantitative estimate of drug-likeness (QED) is 0.00950. The number of imidazole rings is 1. The van der Waals surface area contributed by atoms with Gasteiger partial charge in [-0.3, -0.25) is 56.6 Å². The van der Waals surface area contributed by atoms with Crippen LogP contribution in [0.4, 0.5) is 22.2 Å². The number of rotatable bonds is 30. The first kappa shape index (κ1) is 85.6. The molecule has 6 aromatic heterocycles. The second-order valence-electron chi connectivity index (χ2n) is 29.1. The van der Waals surface area contributed by atoms with Gasteiger partial charge in [0, 0.05) is 12.4 Å². The van der Waals surface area contributed by atoms with Crippen LogP contribution in [0.15, 0.2) is 132 Å². The molecule has 18 atom stereocenters. The molecule has 3 aliphatic heterocycles. The van der Waals surface area contributed by atoms with Crippen LogP contribution in [0.25, 0.3) is 33.2 Å². The number of carbonyl (C=O) groups excluding carboxylic acids is 3. The fraction of sp³-hybridized carbons (Fsp3) is 0.450. The minimum absolute atomic E-state index is 0.0263. The Hall–Kier alpha value is -10.9. The molecule has 0 spiro atoms. The molecule has 3 saturated heterocycles. The third kappa shape index (κ3) is 22.2. The van der Waals surface area contributed by atoms with Crippen LogP contribution in [0.1, 0.15) is 110 Å². The molecule has 14 N–H and O–H groups in total. The molecule has 9 aromatic rings. The minimum atomic E-state index is -4.62. The zero-order valence-electron chi connectivity index (χ0n) is 74.2. The molecule has 3 aliphatic rings. The first-order valence-electron chi connectivity index (χ1n) is 40.9. The second kappa shape index (κ2) is 39.7. The maximum Gasteiger partial charge on any atom is 0.380 e. The van der Waals surface area contributed by atoms with Crippen molar-refractivity contribution in [2.75, 3.05) is 55.4 Å². The van der Waals surface area contributed by atoms with Crippen molar-refractivity contribution in [1.29, 1.82) is 0 Å². The van der Waals surface area contributed by atoms with E-state index in [0.717, 1.165) is 10.8 Å². The zero-order valence-corrected chi connectivity index (χ0v) is 70.9. The summed E-state index contributed by atoms with van der Waals surface area (Å²) in [5.74, 6) is 7.77. The molecule has 3 aromatic carbocycles. The van der Waals surface area contributed by atoms with Gasteiger partial charge < -0.3 is 94.4 Å². The number of halogens is 1. The summed E-state index contributed by atoms with van der Waals surface area (Å²) in [7, 11) is -13.7. The number of anilines is 3. The third-order valence-corrected chi connectivity index (χ3v) is 23.7. The van der Waals surface area contributed by atoms with Crippen molar-refractivity contribution in [2.24, 2.45) is 17.8 Å². The van der Waals surface area contributed by atoms with Crippen molar-refractivity contribution < 1.29 is 127 Å². The van der Waals surface area contributed by atoms with Crippen molar-refractivity contribution in [2.45, 2.75) is 174 Å². The SMILES string of the molecule is [2H]C([2H])(O[P@@](=O)(C[C@@H](C)C(=O)OC(C)C)Oc1ccccc1)[C@H]1O[C@@H](n2cc(F)c3c(=O)[nH]c(N)nc32)C(O)(C#CC)[C@H]1O.[2H]C([2H])(O[P@@](=O)(C[C@@H](C)C(=O)OC(C)C)Oc1ccccc1)[C@H]1O[C@@H](n2ccc3c(=O)[nH]c(N)nc32)C(O)(C#CC)[C@H]1O.[2H]C([2H])(O[P@@](=O)(C[C@@H](C)C(=O)OC(C)C)Oc1ccccc1)[C@H]1O[C@@H](n2cnc3cnc(N)nc32)C(O)(C#CC)[C@H]1O. The Morgan fingerprint density at radius 2 is 0.886 bits per heavy atom. The van der Waals surface area contributed by atoms with Crippen LogP contribution in [-0.2, 0) is 70.1 Å². The molecule has 0 aliphatic carbocycles. The van der Waals surface area contributed by atoms with E-state index in [-0.39, 0.29) is 51.3 Å². The normalized spacial score (nSPS) is 25.5. The highest BCUT2D eigenvalue weighted by Gasteiger charge is 2.60. The summed E-state index contributed by atoms with van der Waals surface area (Å²) in [6.45, 7) is 8.83. The number of carbonyl (C=O) groups is 3. The number of aliphatic hydroxyl groups excluding tert-OH is 3. The molecule has 9 heterocycles. The number of para-hydroxylation sites is 3. The van der Waals surface area contributed by atoms with Gasteiger partial charge in [-0.05, 0) is 105 Å². The van der Waals surface area contributed by atoms with Crippen molar-refractivity contribution in [3.05, 3.63) is 149 Å². The maximum absolute atomic E-state index is 14.9. The van der Waals surface area contributed by atoms with Gasteiger partial charge >= 0.3 is 40.7 Å². The summed E-state index contributed by atoms with van der Waals surface area (Å²) in [5.41, 5.74) is 8.01. The van der Waals surface area contributed by atoms with Gasteiger partial charge in [-0.15, -0.1) is 17.8 Å². The standard InChI is InChI=1S/C27H32FN4O9P.C27H33N4O9P.C26H32N5O8P/c1-5-11-27(36)21(33)19(40-25(27)32-12-18(28)20-22(32)30-26(29)31-23(20)34)13-38-42(37,41-17-9-7-6-8-10-17)14-16(4)24(35)39-15(2)3;1-5-12-27(35)21(32)20(39-25(27)31-13-11-19-22(31)29-26(28)30-23(19)33)14-37-41(36,40-18-9-7-6-8-10-18)15-17(4)24(34)38-16(2)3;1-5-11-26(34)21(32)20(38-24(26)31-15-29-19-12-28-25(27)30-22(19)31)13-36-40(35,39-18-9-7-6-8-10-18)14-17(4)23(33)37-16(2)3/h6-10,12,15-16,19,21,25,33,36H,13-14H2,1-4H3,(H3,29,30,31,34);6-11,13,16-17,20-21,25,32,35H,14-15H2,1-4H3,(H3,28,29,30,33);6-10,12,15-17,20-21,24,32,34H,13-14H2,1-4H3,(H2,27,28,30)/t16-,19-,21+,25-,27?,42+;17-,20-,21+,25-,27?,41+;17-,20-,21+,24-,26?,40+/m111/s1/i13D2;14D2;13D2. The monoisotopic (exact) mass is 1770 g/mol. The summed E-state index contributed by atoms with van der Waals surface area (Å²) in [4.78, 5) is 86.9. The van der Waals surface area contributed by atoms with Gasteiger partial charge in [0.2, 0.25) is 17.8 Å². The smallest absolute Gasteiger partial charge is 0.380 e. The Bertz CT molecular complexity index is 6050. The van der Waals surface area contributed by atoms with Crippen LogP contribution in [0, 0.1) is 59.1 Å². The molecule has 123 heavy (non-hydrogen) atoms. The van der Waals surface area contributed by atoms with E-state index in [2.05, 4.69) is 70.4 Å². The second-order valence-corrected chi connectivity index (χ2v) is 34.9. The summed E-state index contributed by atoms with van der Waals surface area (Å²) in [5, 5.41) is 67.9. The van der Waals surface area contributed by atoms with Gasteiger partial charge in [0.15, 0.2) is 58.2 Å². The van der Waals surface area contributed by atoms with Crippen LogP contribution in [0.2, 0.25) is 0 Å². The number of hydrogen-bond donors (Lipinski definition) is 11. The highest BCUT2D eigenvalue weighted by molar-refractivity contribution is 7.55. The molecule has 0 amide bonds. The fourth-order valence-corrected chi connectivity index (χ4v) is 17.8. The molecule has 660 valence electrons. The van der Waals surface area contributed by atoms with E-state index in [1.54, 1.807) is 96.1 Å². The lowest BCUT2D eigenvalue weighted by atomic mass is 9.94. The Morgan fingerprint density at radius 1 is 0.528 bits per heavy atom. The highest BCUT2D eigenvalue weighted by Crippen LogP contribution is 2.55. The number of nitrogen functional groups attached to an aromatic ring is 3. The van der Waals surface area contributed by atoms with E-state index in [9.17, 15) is 72.7 Å². The van der Waals surface area contributed by atoms with Crippen molar-refractivity contribution in [1.82, 2.24) is 48.6 Å². The maximum atomic E-state index is 14.9. The molecule has 0 radical (unpaired) electrons. The Morgan fingerprint density at radius 3 is 1.26 bits per heavy atom. The summed E-state index contributed by atoms with van der Waals surface area (Å²) >= 11 is 0. The predicted molar refractivity (Wildman–Crippen MR) is 442 cm³/mol. The Balaban J connectivity index is 0.000000201. The highest BCUT2D eigenvalue weighted by atomic mass is 31.2. The topological polar surface area (TPSA) is 558 Å². The van der Waals surface area contributed by atoms with E-state index in [0.29, 0.717) is 0 Å². The number of nitrogens with two attached hydrogens (primary N) is 3. The molecular weight excluding hydrogens is 1670 g/mol. The number of benzene rings is 3. The Labute approximate surface area is 712 Å². The number of nitrogens with zero attached hydrogens (tertiary/aromatic N) is 8. The summed E-state index contributed by atoms with van der Waals surface area (Å²) < 4.78 is 179. The van der Waals surface area contributed by atoms with Crippen molar-refractivity contribution in [3.8, 4) is 52.8 Å². The lowest BCUT2D eigenvalue weighted by Gasteiger charge is -2.27. The largest absolute Gasteiger partial charge is 0.463 e. The first-order valence-corrected chi connectivity index (χ1v) is 43.1. The number of fused-ring (bicyclic) bond motifs is 3. The lowest BCUT2D eigenvalue weighted by Crippen LogP contribution is -2.46. The minimum Gasteiger partial charge on any atom is -0.463 e. The lowest BCUT2D eigenvalue weighted by molar-refractivity contribution is -0.152. The number of nitrogens with one attached hydrogen (secondary N) is 2. The number of aromatic nitrogens is 10. The van der Waals surface area contributed by atoms with Crippen molar-refractivity contribution >= 4 is 91.8 Å². The molecule has 0 bridgehead atoms. The van der Waals surface area contributed by atoms with E-state index >= 15 is 0 Å². The summed E-state index contributed by atoms with van der Waals surface area (Å²) in [6.07, 6.45) is -16.0. The number of ether oxygens (including phenoxy) is 6. The average molecular weight is 1770 g/mol. The fourth-order valence-electron chi connectivity index (χ4n) is 12.6. The molecular formula is C80H97FN13O26P3. The summed E-state index contributed by atoms with van der Waals surface area (Å²) in [6, 6.07) is 24.7. The van der Waals surface area contributed by atoms with Gasteiger partial charge in [-0.2, -0.15) is 15.0 Å². The average Bonchev–Trinajstić information content (AvgIpc) is 1.58. The molecule has 3 fully saturated rings. The van der Waals surface area contributed by atoms with E-state index in [4.69, 9.17) is 81.0 Å². The Kier molecular flexibility index (Phi) is 27.7. The number of aromatic amines is 2. The molecule has 39 nitrogen and oxygen atoms in total. The van der Waals surface area contributed by atoms with Crippen LogP contribution < -0.4 is 41.9 Å². The van der Waals surface area contributed by atoms with Crippen LogP contribution in [-0.4, -0.2) is 207 Å². The van der Waals surface area contributed by atoms with Crippen LogP contribution in [0.3, 0.4) is 0 Å². The first-order chi connectivity index (χ1) is 60.3. The number of H-pyrrole nitrogens is 2. The van der Waals surface area contributed by atoms with Gasteiger partial charge in [0.25, 0.3) is 11.1 Å². The van der Waals surface area contributed by atoms with Gasteiger partial charge in [0.05, 0.1) is 100 Å². The molecule has 0 saturated carbocycles. The number of aliphatic hydroxyl groups is 6. The number of esters is 3. The predicted octanol–water partition coefficient (Wildman–Crippen LogP) is 6.83. The van der Waals surface area contributed by atoms with Gasteiger partial charge in [0.1, 0.15) is 64.8 Å². The van der Waals surface area contributed by atoms with Crippen LogP contribution in [0.5, 0.6) is 17.2 Å². The van der Waals surface area contributed by atoms with E-state index in [1.165, 1.54) is 112 Å². The van der Waals surface area contributed by atoms with Gasteiger partial charge in [-0.1, -0.05) is 93.1 Å². The van der Waals surface area contributed by atoms with Gasteiger partial charge in [-0.25, -0.2) is 28.1 Å². The van der Waals surface area contributed by atoms with E-state index in [1.807, 2.05) is 0 Å². The molecule has 3 unspecified atom stereocenters. The zero-order chi connectivity index (χ0) is 95.2. The molecule has 43 heteroatoms. The molecule has 12 rings (SSSR count). The third-order valence-electron chi connectivity index (χ3n) is 18.1. The number of hydrogen-bond acceptors (Lipinski definition) is 34. The van der Waals surface area contributed by atoms with Crippen LogP contribution >= 0.6 is 22.8 Å².